The van der Waals surface area contributed by atoms with Crippen LogP contribution in [0.2, 0.25) is 10.0 Å². The Balaban J connectivity index is 1.65. The second-order valence-electron chi connectivity index (χ2n) is 6.17. The number of carbonyl (C=O) groups is 1. The van der Waals surface area contributed by atoms with Gasteiger partial charge in [0.1, 0.15) is 0 Å². The third-order valence-corrected chi connectivity index (χ3v) is 5.51. The number of hydrogen-bond acceptors (Lipinski definition) is 5. The summed E-state index contributed by atoms with van der Waals surface area (Å²) in [5, 5.41) is 10.0. The molecular formula is C19H10Cl2F3N5OS. The molecule has 158 valence electrons. The molecule has 0 spiro atoms. The van der Waals surface area contributed by atoms with Gasteiger partial charge in [0, 0.05) is 16.7 Å². The van der Waals surface area contributed by atoms with Crippen molar-refractivity contribution in [3.8, 4) is 10.6 Å². The van der Waals surface area contributed by atoms with E-state index in [-0.39, 0.29) is 17.0 Å². The van der Waals surface area contributed by atoms with Crippen LogP contribution in [0.5, 0.6) is 0 Å². The van der Waals surface area contributed by atoms with Gasteiger partial charge in [-0.1, -0.05) is 35.3 Å². The van der Waals surface area contributed by atoms with E-state index in [1.165, 1.54) is 23.6 Å². The smallest absolute Gasteiger partial charge is 0.265 e. The van der Waals surface area contributed by atoms with Crippen LogP contribution in [0, 0.1) is 0 Å². The number of nitrogens with one attached hydrogen (secondary N) is 1. The van der Waals surface area contributed by atoms with Gasteiger partial charge >= 0.3 is 6.18 Å². The van der Waals surface area contributed by atoms with E-state index >= 15 is 0 Å². The maximum absolute atomic E-state index is 13.6. The van der Waals surface area contributed by atoms with Gasteiger partial charge in [0.15, 0.2) is 17.0 Å². The predicted octanol–water partition coefficient (Wildman–Crippen LogP) is 5.55. The summed E-state index contributed by atoms with van der Waals surface area (Å²) in [6.07, 6.45) is -3.42. The summed E-state index contributed by atoms with van der Waals surface area (Å²) in [4.78, 5) is 17.1. The minimum atomic E-state index is -4.70. The third-order valence-electron chi connectivity index (χ3n) is 4.06. The molecule has 0 radical (unpaired) electrons. The van der Waals surface area contributed by atoms with Crippen LogP contribution in [-0.2, 0) is 6.18 Å². The molecule has 6 nitrogen and oxygen atoms in total. The minimum Gasteiger partial charge on any atom is -0.265 e. The van der Waals surface area contributed by atoms with E-state index in [1.807, 2.05) is 0 Å². The highest BCUT2D eigenvalue weighted by Gasteiger charge is 2.35. The van der Waals surface area contributed by atoms with E-state index in [2.05, 4.69) is 20.6 Å². The topological polar surface area (TPSA) is 71.7 Å². The number of carbonyl (C=O) groups excluding carboxylic acids is 1. The van der Waals surface area contributed by atoms with E-state index < -0.39 is 17.8 Å². The van der Waals surface area contributed by atoms with Crippen LogP contribution in [0.15, 0.2) is 52.9 Å². The van der Waals surface area contributed by atoms with Gasteiger partial charge in [-0.3, -0.25) is 4.79 Å². The van der Waals surface area contributed by atoms with Crippen molar-refractivity contribution in [2.45, 2.75) is 6.18 Å². The van der Waals surface area contributed by atoms with E-state index in [0.29, 0.717) is 25.0 Å². The molecule has 0 fully saturated rings. The Morgan fingerprint density at radius 3 is 2.68 bits per heavy atom. The molecule has 0 bridgehead atoms. The number of fused-ring (bicyclic) bond motifs is 1. The van der Waals surface area contributed by atoms with Crippen LogP contribution in [0.25, 0.3) is 16.2 Å². The fraction of sp³-hybridized carbons (Fsp3) is 0.0526. The van der Waals surface area contributed by atoms with Crippen molar-refractivity contribution in [1.82, 2.24) is 20.0 Å². The van der Waals surface area contributed by atoms with Crippen LogP contribution >= 0.6 is 34.5 Å². The van der Waals surface area contributed by atoms with Crippen molar-refractivity contribution < 1.29 is 18.0 Å². The zero-order chi connectivity index (χ0) is 22.2. The first-order valence-electron chi connectivity index (χ1n) is 8.53. The first-order chi connectivity index (χ1) is 14.7. The lowest BCUT2D eigenvalue weighted by Crippen LogP contribution is -2.19. The first kappa shape index (κ1) is 21.3. The zero-order valence-corrected chi connectivity index (χ0v) is 17.5. The quantitative estimate of drug-likeness (QED) is 0.305. The van der Waals surface area contributed by atoms with Gasteiger partial charge in [0.2, 0.25) is 0 Å². The number of rotatable bonds is 4. The van der Waals surface area contributed by atoms with Gasteiger partial charge in [-0.25, -0.2) is 14.9 Å². The number of benzene rings is 1. The number of hydrogen-bond donors (Lipinski definition) is 1. The molecule has 0 unspecified atom stereocenters. The van der Waals surface area contributed by atoms with Crippen LogP contribution in [0.1, 0.15) is 21.7 Å². The Bertz CT molecular complexity index is 1300. The van der Waals surface area contributed by atoms with Gasteiger partial charge in [-0.15, -0.1) is 11.3 Å². The standard InChI is InChI=1S/C19H10Cl2F3N5OS/c20-11-4-3-10(12(21)6-11)9-25-27-18(30)14-8-17-26-13(15-2-1-5-31-15)7-16(19(22,23)24)29(17)28-14/h1-9H,(H,27,30)/b25-9-. The number of nitrogens with zero attached hydrogens (tertiary/aromatic N) is 4. The van der Waals surface area contributed by atoms with Crippen molar-refractivity contribution in [3.63, 3.8) is 0 Å². The monoisotopic (exact) mass is 483 g/mol. The molecule has 4 aromatic rings. The van der Waals surface area contributed by atoms with Gasteiger partial charge in [-0.05, 0) is 29.6 Å². The van der Waals surface area contributed by atoms with Crippen molar-refractivity contribution in [2.75, 3.05) is 0 Å². The summed E-state index contributed by atoms with van der Waals surface area (Å²) in [5.41, 5.74) is 1.39. The van der Waals surface area contributed by atoms with Gasteiger partial charge in [0.25, 0.3) is 5.91 Å². The van der Waals surface area contributed by atoms with Crippen LogP contribution in [0.4, 0.5) is 13.2 Å². The summed E-state index contributed by atoms with van der Waals surface area (Å²) in [6.45, 7) is 0. The number of alkyl halides is 3. The van der Waals surface area contributed by atoms with Crippen molar-refractivity contribution in [3.05, 3.63) is 74.8 Å². The summed E-state index contributed by atoms with van der Waals surface area (Å²) < 4.78 is 41.3. The Morgan fingerprint density at radius 1 is 1.19 bits per heavy atom. The van der Waals surface area contributed by atoms with Gasteiger partial charge in [0.05, 0.1) is 21.8 Å². The number of aromatic nitrogens is 3. The molecule has 3 heterocycles. The predicted molar refractivity (Wildman–Crippen MR) is 113 cm³/mol. The Morgan fingerprint density at radius 2 is 2.00 bits per heavy atom. The maximum Gasteiger partial charge on any atom is 0.433 e. The number of thiophene rings is 1. The highest BCUT2D eigenvalue weighted by Crippen LogP contribution is 2.33. The summed E-state index contributed by atoms with van der Waals surface area (Å²) in [7, 11) is 0. The second-order valence-corrected chi connectivity index (χ2v) is 7.96. The Labute approximate surface area is 186 Å². The first-order valence-corrected chi connectivity index (χ1v) is 10.2. The molecule has 0 aliphatic rings. The Hall–Kier alpha value is -2.95. The van der Waals surface area contributed by atoms with Crippen molar-refractivity contribution in [1.29, 1.82) is 0 Å². The normalized spacial score (nSPS) is 12.0. The molecular weight excluding hydrogens is 474 g/mol. The Kier molecular flexibility index (Phi) is 5.69. The second kappa shape index (κ2) is 8.29. The number of hydrazone groups is 1. The average molecular weight is 484 g/mol. The van der Waals surface area contributed by atoms with Crippen LogP contribution in [0.3, 0.4) is 0 Å². The largest absolute Gasteiger partial charge is 0.433 e. The molecule has 1 aromatic carbocycles. The average Bonchev–Trinajstić information content (AvgIpc) is 3.37. The SMILES string of the molecule is O=C(N/N=C\c1ccc(Cl)cc1Cl)c1cc2nc(-c3cccs3)cc(C(F)(F)F)n2n1. The molecule has 0 saturated carbocycles. The molecule has 4 rings (SSSR count). The number of halogens is 5. The molecule has 12 heteroatoms. The lowest BCUT2D eigenvalue weighted by molar-refractivity contribution is -0.142. The molecule has 0 aliphatic heterocycles. The van der Waals surface area contributed by atoms with E-state index in [1.54, 1.807) is 29.6 Å². The fourth-order valence-corrected chi connectivity index (χ4v) is 3.81. The number of amides is 1. The molecule has 3 aromatic heterocycles. The van der Waals surface area contributed by atoms with E-state index in [0.717, 1.165) is 12.1 Å². The van der Waals surface area contributed by atoms with Gasteiger partial charge in [-0.2, -0.15) is 23.4 Å². The molecule has 1 amide bonds. The lowest BCUT2D eigenvalue weighted by Gasteiger charge is -2.10. The minimum absolute atomic E-state index is 0.117. The van der Waals surface area contributed by atoms with E-state index in [4.69, 9.17) is 23.2 Å². The zero-order valence-electron chi connectivity index (χ0n) is 15.2. The molecule has 0 atom stereocenters. The summed E-state index contributed by atoms with van der Waals surface area (Å²) in [5.74, 6) is -0.808. The highest BCUT2D eigenvalue weighted by atomic mass is 35.5. The van der Waals surface area contributed by atoms with E-state index in [9.17, 15) is 18.0 Å². The van der Waals surface area contributed by atoms with Crippen LogP contribution < -0.4 is 5.43 Å². The lowest BCUT2D eigenvalue weighted by atomic mass is 10.2. The molecule has 1 N–H and O–H groups in total. The van der Waals surface area contributed by atoms with Gasteiger partial charge < -0.3 is 0 Å². The highest BCUT2D eigenvalue weighted by molar-refractivity contribution is 7.13. The summed E-state index contributed by atoms with van der Waals surface area (Å²) in [6, 6.07) is 10.1. The summed E-state index contributed by atoms with van der Waals surface area (Å²) >= 11 is 13.1. The molecule has 0 saturated heterocycles. The maximum atomic E-state index is 13.6. The fourth-order valence-electron chi connectivity index (χ4n) is 2.66. The van der Waals surface area contributed by atoms with Crippen LogP contribution in [-0.4, -0.2) is 26.7 Å². The molecule has 0 aliphatic carbocycles. The molecule has 31 heavy (non-hydrogen) atoms. The van der Waals surface area contributed by atoms with Crippen molar-refractivity contribution >= 4 is 52.3 Å². The van der Waals surface area contributed by atoms with Crippen molar-refractivity contribution in [2.24, 2.45) is 5.10 Å². The third kappa shape index (κ3) is 4.55.